The molecule has 0 saturated carbocycles. The molecule has 0 aliphatic heterocycles. The fraction of sp³-hybridized carbons (Fsp3) is 0. The van der Waals surface area contributed by atoms with E-state index < -0.39 is 0 Å². The molecule has 2 aromatic rings. The molecule has 0 unspecified atom stereocenters. The molecule has 1 N–H and O–H groups in total. The van der Waals surface area contributed by atoms with E-state index in [1.54, 1.807) is 24.4 Å². The summed E-state index contributed by atoms with van der Waals surface area (Å²) in [7, 11) is 0. The number of hydrogen-bond donors (Lipinski definition) is 1. The molecule has 1 heterocycles. The number of benzene rings is 1. The van der Waals surface area contributed by atoms with Gasteiger partial charge in [-0.1, -0.05) is 0 Å². The van der Waals surface area contributed by atoms with Gasteiger partial charge in [0, 0.05) is 11.6 Å². The molecular weight excluding hydrogens is 164 g/mol. The fourth-order valence-corrected chi connectivity index (χ4v) is 1.25. The zero-order valence-electron chi connectivity index (χ0n) is 6.73. The van der Waals surface area contributed by atoms with Gasteiger partial charge in [0.2, 0.25) is 0 Å². The Labute approximate surface area is 74.9 Å². The first kappa shape index (κ1) is 7.56. The SMILES string of the molecule is N#Cc1ccc(O)c2cccnc12. The molecule has 0 bridgehead atoms. The molecule has 0 radical (unpaired) electrons. The summed E-state index contributed by atoms with van der Waals surface area (Å²) in [5, 5.41) is 18.8. The Morgan fingerprint density at radius 2 is 2.15 bits per heavy atom. The zero-order chi connectivity index (χ0) is 9.26. The molecule has 13 heavy (non-hydrogen) atoms. The highest BCUT2D eigenvalue weighted by molar-refractivity contribution is 5.89. The Morgan fingerprint density at radius 1 is 1.31 bits per heavy atom. The van der Waals surface area contributed by atoms with Crippen molar-refractivity contribution in [2.45, 2.75) is 0 Å². The third-order valence-electron chi connectivity index (χ3n) is 1.87. The molecule has 0 aliphatic rings. The number of hydrogen-bond acceptors (Lipinski definition) is 3. The third kappa shape index (κ3) is 1.09. The van der Waals surface area contributed by atoms with E-state index in [4.69, 9.17) is 5.26 Å². The van der Waals surface area contributed by atoms with Gasteiger partial charge in [0.05, 0.1) is 11.1 Å². The van der Waals surface area contributed by atoms with Crippen molar-refractivity contribution >= 4 is 10.9 Å². The van der Waals surface area contributed by atoms with E-state index in [2.05, 4.69) is 4.98 Å². The van der Waals surface area contributed by atoms with Crippen LogP contribution in [0.2, 0.25) is 0 Å². The van der Waals surface area contributed by atoms with Crippen molar-refractivity contribution in [1.82, 2.24) is 4.98 Å². The highest BCUT2D eigenvalue weighted by Gasteiger charge is 2.04. The van der Waals surface area contributed by atoms with Crippen LogP contribution >= 0.6 is 0 Å². The summed E-state index contributed by atoms with van der Waals surface area (Å²) in [6.07, 6.45) is 1.60. The predicted octanol–water partition coefficient (Wildman–Crippen LogP) is 1.81. The van der Waals surface area contributed by atoms with Crippen LogP contribution in [0.15, 0.2) is 30.5 Å². The second-order valence-corrected chi connectivity index (χ2v) is 2.64. The molecule has 0 atom stereocenters. The van der Waals surface area contributed by atoms with Gasteiger partial charge < -0.3 is 5.11 Å². The van der Waals surface area contributed by atoms with E-state index in [-0.39, 0.29) is 5.75 Å². The molecule has 3 heteroatoms. The summed E-state index contributed by atoms with van der Waals surface area (Å²) in [6.45, 7) is 0. The Hall–Kier alpha value is -2.08. The van der Waals surface area contributed by atoms with E-state index >= 15 is 0 Å². The maximum absolute atomic E-state index is 9.44. The summed E-state index contributed by atoms with van der Waals surface area (Å²) in [5.41, 5.74) is 1.03. The van der Waals surface area contributed by atoms with E-state index in [0.29, 0.717) is 16.5 Å². The van der Waals surface area contributed by atoms with Crippen LogP contribution < -0.4 is 0 Å². The van der Waals surface area contributed by atoms with Crippen molar-refractivity contribution < 1.29 is 5.11 Å². The monoisotopic (exact) mass is 170 g/mol. The Balaban J connectivity index is 2.95. The number of phenols is 1. The van der Waals surface area contributed by atoms with Gasteiger partial charge in [0.1, 0.15) is 11.8 Å². The molecule has 0 aliphatic carbocycles. The number of nitriles is 1. The van der Waals surface area contributed by atoms with Crippen LogP contribution in [0.25, 0.3) is 10.9 Å². The molecule has 1 aromatic carbocycles. The third-order valence-corrected chi connectivity index (χ3v) is 1.87. The highest BCUT2D eigenvalue weighted by atomic mass is 16.3. The summed E-state index contributed by atoms with van der Waals surface area (Å²) >= 11 is 0. The summed E-state index contributed by atoms with van der Waals surface area (Å²) in [6, 6.07) is 8.55. The van der Waals surface area contributed by atoms with E-state index in [9.17, 15) is 5.11 Å². The number of fused-ring (bicyclic) bond motifs is 1. The summed E-state index contributed by atoms with van der Waals surface area (Å²) < 4.78 is 0. The van der Waals surface area contributed by atoms with E-state index in [1.807, 2.05) is 6.07 Å². The van der Waals surface area contributed by atoms with Gasteiger partial charge in [0.25, 0.3) is 0 Å². The number of nitrogens with zero attached hydrogens (tertiary/aromatic N) is 2. The number of phenolic OH excluding ortho intramolecular Hbond substituents is 1. The number of pyridine rings is 1. The smallest absolute Gasteiger partial charge is 0.125 e. The van der Waals surface area contributed by atoms with Crippen LogP contribution in [0.3, 0.4) is 0 Å². The van der Waals surface area contributed by atoms with Crippen molar-refractivity contribution in [2.75, 3.05) is 0 Å². The maximum atomic E-state index is 9.44. The molecule has 0 fully saturated rings. The maximum Gasteiger partial charge on any atom is 0.125 e. The lowest BCUT2D eigenvalue weighted by Crippen LogP contribution is -1.83. The van der Waals surface area contributed by atoms with Gasteiger partial charge in [-0.3, -0.25) is 4.98 Å². The fourth-order valence-electron chi connectivity index (χ4n) is 1.25. The Bertz CT molecular complexity index is 500. The molecule has 0 amide bonds. The van der Waals surface area contributed by atoms with Crippen LogP contribution in [0.5, 0.6) is 5.75 Å². The number of aromatic nitrogens is 1. The van der Waals surface area contributed by atoms with Crippen molar-refractivity contribution in [3.8, 4) is 11.8 Å². The molecule has 2 rings (SSSR count). The molecule has 3 nitrogen and oxygen atoms in total. The lowest BCUT2D eigenvalue weighted by Gasteiger charge is -2.00. The van der Waals surface area contributed by atoms with Crippen molar-refractivity contribution in [1.29, 1.82) is 5.26 Å². The largest absolute Gasteiger partial charge is 0.507 e. The van der Waals surface area contributed by atoms with Crippen LogP contribution in [-0.4, -0.2) is 10.1 Å². The molecule has 62 valence electrons. The van der Waals surface area contributed by atoms with Crippen LogP contribution in [0.4, 0.5) is 0 Å². The predicted molar refractivity (Wildman–Crippen MR) is 48.1 cm³/mol. The summed E-state index contributed by atoms with van der Waals surface area (Å²) in [4.78, 5) is 4.03. The van der Waals surface area contributed by atoms with Gasteiger partial charge in [-0.15, -0.1) is 0 Å². The second kappa shape index (κ2) is 2.76. The van der Waals surface area contributed by atoms with Crippen LogP contribution in [-0.2, 0) is 0 Å². The second-order valence-electron chi connectivity index (χ2n) is 2.64. The number of rotatable bonds is 0. The van der Waals surface area contributed by atoms with Crippen molar-refractivity contribution in [2.24, 2.45) is 0 Å². The standard InChI is InChI=1S/C10H6N2O/c11-6-7-3-4-9(13)8-2-1-5-12-10(7)8/h1-5,13H. The summed E-state index contributed by atoms with van der Waals surface area (Å²) in [5.74, 6) is 0.155. The molecule has 0 spiro atoms. The zero-order valence-corrected chi connectivity index (χ0v) is 6.73. The molecule has 1 aromatic heterocycles. The van der Waals surface area contributed by atoms with Crippen molar-refractivity contribution in [3.05, 3.63) is 36.0 Å². The minimum absolute atomic E-state index is 0.155. The normalized spacial score (nSPS) is 9.77. The average molecular weight is 170 g/mol. The first-order chi connectivity index (χ1) is 6.33. The van der Waals surface area contributed by atoms with Gasteiger partial charge in [-0.2, -0.15) is 5.26 Å². The van der Waals surface area contributed by atoms with E-state index in [0.717, 1.165) is 0 Å². The van der Waals surface area contributed by atoms with Crippen molar-refractivity contribution in [3.63, 3.8) is 0 Å². The van der Waals surface area contributed by atoms with Crippen LogP contribution in [0, 0.1) is 11.3 Å². The van der Waals surface area contributed by atoms with Gasteiger partial charge in [0.15, 0.2) is 0 Å². The Kier molecular flexibility index (Phi) is 1.60. The first-order valence-corrected chi connectivity index (χ1v) is 3.80. The van der Waals surface area contributed by atoms with Gasteiger partial charge in [-0.05, 0) is 24.3 Å². The van der Waals surface area contributed by atoms with Crippen LogP contribution in [0.1, 0.15) is 5.56 Å². The molecule has 0 saturated heterocycles. The van der Waals surface area contributed by atoms with Gasteiger partial charge >= 0.3 is 0 Å². The Morgan fingerprint density at radius 3 is 2.92 bits per heavy atom. The molecular formula is C10H6N2O. The lowest BCUT2D eigenvalue weighted by atomic mass is 10.1. The first-order valence-electron chi connectivity index (χ1n) is 3.80. The minimum Gasteiger partial charge on any atom is -0.507 e. The lowest BCUT2D eigenvalue weighted by molar-refractivity contribution is 0.481. The van der Waals surface area contributed by atoms with Gasteiger partial charge in [-0.25, -0.2) is 0 Å². The van der Waals surface area contributed by atoms with E-state index in [1.165, 1.54) is 6.07 Å². The quantitative estimate of drug-likeness (QED) is 0.656. The average Bonchev–Trinajstić information content (AvgIpc) is 2.19. The topological polar surface area (TPSA) is 56.9 Å². The minimum atomic E-state index is 0.155. The number of aromatic hydroxyl groups is 1. The highest BCUT2D eigenvalue weighted by Crippen LogP contribution is 2.24.